The number of H-pyrrole nitrogens is 1. The first kappa shape index (κ1) is 48.5. The molecule has 2 heterocycles. The average molecular weight is 956 g/mol. The van der Waals surface area contributed by atoms with Crippen molar-refractivity contribution >= 4 is 28.5 Å². The van der Waals surface area contributed by atoms with Crippen molar-refractivity contribution in [3.05, 3.63) is 165 Å². The first-order chi connectivity index (χ1) is 33.6. The lowest BCUT2D eigenvalue weighted by Gasteiger charge is -2.35. The lowest BCUT2D eigenvalue weighted by atomic mass is 9.98. The van der Waals surface area contributed by atoms with Gasteiger partial charge >= 0.3 is 11.9 Å². The molecule has 1 aromatic heterocycles. The Bertz CT molecular complexity index is 3070. The van der Waals surface area contributed by atoms with Crippen molar-refractivity contribution in [2.45, 2.75) is 58.3 Å². The van der Waals surface area contributed by atoms with Crippen LogP contribution in [0, 0.1) is 0 Å². The minimum Gasteiger partial charge on any atom is -0.508 e. The Morgan fingerprint density at radius 2 is 1.53 bits per heavy atom. The molecule has 14 nitrogen and oxygen atoms in total. The smallest absolute Gasteiger partial charge is 0.416 e. The number of nitrogens with one attached hydrogen (secondary N) is 3. The fourth-order valence-corrected chi connectivity index (χ4v) is 8.45. The number of alkyl halides is 3. The van der Waals surface area contributed by atoms with E-state index in [1.54, 1.807) is 36.4 Å². The number of benzene rings is 6. The summed E-state index contributed by atoms with van der Waals surface area (Å²) < 4.78 is 46.2. The van der Waals surface area contributed by atoms with Crippen molar-refractivity contribution in [2.24, 2.45) is 0 Å². The summed E-state index contributed by atoms with van der Waals surface area (Å²) >= 11 is 0. The highest BCUT2D eigenvalue weighted by atomic mass is 19.4. The van der Waals surface area contributed by atoms with Crippen molar-refractivity contribution in [3.8, 4) is 40.1 Å². The molecule has 0 radical (unpaired) electrons. The second kappa shape index (κ2) is 21.2. The number of carbonyl (C=O) groups is 3. The summed E-state index contributed by atoms with van der Waals surface area (Å²) in [6.45, 7) is 7.61. The molecule has 1 aliphatic heterocycles. The minimum absolute atomic E-state index is 0.0239. The van der Waals surface area contributed by atoms with Crippen LogP contribution >= 0.6 is 0 Å². The molecule has 0 saturated carbocycles. The second-order valence-electron chi connectivity index (χ2n) is 17.5. The number of nitrogens with zero attached hydrogens (tertiary/aromatic N) is 4. The topological polar surface area (TPSA) is 182 Å². The van der Waals surface area contributed by atoms with Gasteiger partial charge in [0.15, 0.2) is 5.82 Å². The Kier molecular flexibility index (Phi) is 14.7. The Balaban J connectivity index is 0.743. The van der Waals surface area contributed by atoms with Gasteiger partial charge in [0.05, 0.1) is 23.2 Å². The molecule has 3 amide bonds. The minimum atomic E-state index is -4.45. The van der Waals surface area contributed by atoms with Gasteiger partial charge in [-0.1, -0.05) is 62.4 Å². The third-order valence-corrected chi connectivity index (χ3v) is 12.2. The molecular weight excluding hydrogens is 904 g/mol. The van der Waals surface area contributed by atoms with Crippen molar-refractivity contribution in [1.82, 2.24) is 35.2 Å². The number of fused-ring (bicyclic) bond motifs is 1. The summed E-state index contributed by atoms with van der Waals surface area (Å²) in [7, 11) is 0. The zero-order chi connectivity index (χ0) is 49.5. The molecule has 0 spiro atoms. The highest BCUT2D eigenvalue weighted by Crippen LogP contribution is 2.38. The van der Waals surface area contributed by atoms with Gasteiger partial charge < -0.3 is 30.5 Å². The van der Waals surface area contributed by atoms with E-state index in [1.165, 1.54) is 22.8 Å². The van der Waals surface area contributed by atoms with E-state index in [0.29, 0.717) is 91.0 Å². The molecule has 0 bridgehead atoms. The van der Waals surface area contributed by atoms with Crippen LogP contribution in [0.3, 0.4) is 0 Å². The predicted molar refractivity (Wildman–Crippen MR) is 258 cm³/mol. The first-order valence-corrected chi connectivity index (χ1v) is 22.9. The van der Waals surface area contributed by atoms with Crippen LogP contribution in [-0.4, -0.2) is 85.2 Å². The lowest BCUT2D eigenvalue weighted by Crippen LogP contribution is -2.48. The molecular formula is C53H52F3N7O7. The van der Waals surface area contributed by atoms with Gasteiger partial charge in [-0.25, -0.2) is 14.5 Å². The van der Waals surface area contributed by atoms with E-state index in [-0.39, 0.29) is 59.7 Å². The van der Waals surface area contributed by atoms with E-state index in [0.717, 1.165) is 28.8 Å². The molecule has 1 saturated heterocycles. The molecule has 5 N–H and O–H groups in total. The van der Waals surface area contributed by atoms with Crippen molar-refractivity contribution in [2.75, 3.05) is 32.7 Å². The van der Waals surface area contributed by atoms with Gasteiger partial charge in [0.25, 0.3) is 5.91 Å². The van der Waals surface area contributed by atoms with Crippen LogP contribution in [0.4, 0.5) is 13.2 Å². The summed E-state index contributed by atoms with van der Waals surface area (Å²) in [6, 6.07) is 32.6. The monoisotopic (exact) mass is 955 g/mol. The van der Waals surface area contributed by atoms with Crippen molar-refractivity contribution in [1.29, 1.82) is 0 Å². The maximum atomic E-state index is 13.2. The molecule has 1 aliphatic rings. The largest absolute Gasteiger partial charge is 0.508 e. The number of hydrogen-bond acceptors (Lipinski definition) is 9. The predicted octanol–water partition coefficient (Wildman–Crippen LogP) is 8.44. The normalized spacial score (nSPS) is 13.1. The van der Waals surface area contributed by atoms with Crippen molar-refractivity contribution in [3.63, 3.8) is 0 Å². The van der Waals surface area contributed by atoms with E-state index in [2.05, 4.69) is 25.7 Å². The van der Waals surface area contributed by atoms with Crippen LogP contribution in [0.15, 0.2) is 126 Å². The summed E-state index contributed by atoms with van der Waals surface area (Å²) in [5.74, 6) is 0.202. The van der Waals surface area contributed by atoms with Crippen LogP contribution in [0.1, 0.15) is 70.8 Å². The fraction of sp³-hybridized carbons (Fsp3) is 0.264. The number of phenolic OH excluding ortho intramolecular Hbond substituents is 2. The lowest BCUT2D eigenvalue weighted by molar-refractivity contribution is -0.137. The Morgan fingerprint density at radius 1 is 0.800 bits per heavy atom. The molecule has 8 rings (SSSR count). The van der Waals surface area contributed by atoms with Crippen molar-refractivity contribution < 1.29 is 42.5 Å². The molecule has 0 unspecified atom stereocenters. The zero-order valence-electron chi connectivity index (χ0n) is 38.6. The number of carbonyl (C=O) groups excluding carboxylic acids is 3. The van der Waals surface area contributed by atoms with Crippen LogP contribution < -0.4 is 21.1 Å². The fourth-order valence-electron chi connectivity index (χ4n) is 8.45. The number of aromatic amines is 1. The van der Waals surface area contributed by atoms with Crippen LogP contribution in [0.25, 0.3) is 27.8 Å². The van der Waals surface area contributed by atoms with Crippen LogP contribution in [-0.2, 0) is 35.3 Å². The molecule has 0 atom stereocenters. The molecule has 362 valence electrons. The van der Waals surface area contributed by atoms with Gasteiger partial charge in [-0.05, 0) is 107 Å². The highest BCUT2D eigenvalue weighted by Gasteiger charge is 2.30. The Labute approximate surface area is 401 Å². The number of aromatic nitrogens is 3. The summed E-state index contributed by atoms with van der Waals surface area (Å²) in [6.07, 6.45) is -3.51. The average Bonchev–Trinajstić information content (AvgIpc) is 3.72. The van der Waals surface area contributed by atoms with E-state index in [4.69, 9.17) is 4.74 Å². The number of halogens is 3. The quantitative estimate of drug-likeness (QED) is 0.0594. The van der Waals surface area contributed by atoms with Gasteiger partial charge in [-0.15, -0.1) is 0 Å². The molecule has 70 heavy (non-hydrogen) atoms. The molecule has 1 fully saturated rings. The number of aromatic hydroxyl groups is 2. The number of rotatable bonds is 16. The first-order valence-electron chi connectivity index (χ1n) is 22.9. The maximum Gasteiger partial charge on any atom is 0.416 e. The van der Waals surface area contributed by atoms with Gasteiger partial charge in [-0.2, -0.15) is 18.3 Å². The van der Waals surface area contributed by atoms with E-state index in [1.807, 2.05) is 73.3 Å². The molecule has 7 aromatic rings. The number of phenols is 2. The Morgan fingerprint density at radius 3 is 2.26 bits per heavy atom. The Hall–Kier alpha value is -7.92. The summed E-state index contributed by atoms with van der Waals surface area (Å²) in [4.78, 5) is 56.0. The highest BCUT2D eigenvalue weighted by molar-refractivity contribution is 6.00. The van der Waals surface area contributed by atoms with Gasteiger partial charge in [0.1, 0.15) is 23.0 Å². The number of hydrogen-bond donors (Lipinski definition) is 5. The zero-order valence-corrected chi connectivity index (χ0v) is 38.6. The van der Waals surface area contributed by atoms with E-state index >= 15 is 0 Å². The molecule has 17 heteroatoms. The van der Waals surface area contributed by atoms with E-state index in [9.17, 15) is 42.6 Å². The SMILES string of the molecule is CC(C)c1cc(-c2n[nH]c(=O)n2-c2ccc(CN3CCN(C(=O)CCCNC(=O)Cc4cccc(CNC(=O)c5ccc6c(Oc7ccc(C(F)(F)F)cc7)cccc6c5)c4)CC3)cc2)c(O)cc1O. The standard InChI is InChI=1S/C53H52F3N7O7/c1-33(2)43-29-44(46(65)30-45(43)64)50-59-60-52(69)63(50)40-16-11-34(12-17-40)32-61-22-24-62(25-23-61)49(67)10-5-21-57-48(66)27-35-6-3-7-36(26-35)31-58-51(68)38-13-20-42-37(28-38)8-4-9-47(42)70-41-18-14-39(15-19-41)53(54,55)56/h3-4,6-9,11-20,26,28-30,33,64-65H,5,10,21-25,27,31-32H2,1-2H3,(H,57,66)(H,58,68)(H,60,69). The number of amides is 3. The maximum absolute atomic E-state index is 13.2. The van der Waals surface area contributed by atoms with Crippen LogP contribution in [0.2, 0.25) is 0 Å². The third-order valence-electron chi connectivity index (χ3n) is 12.2. The molecule has 0 aliphatic carbocycles. The van der Waals surface area contributed by atoms with E-state index < -0.39 is 17.4 Å². The third kappa shape index (κ3) is 11.7. The number of piperazine rings is 1. The van der Waals surface area contributed by atoms with Gasteiger partial charge in [0.2, 0.25) is 11.8 Å². The molecule has 6 aromatic carbocycles. The van der Waals surface area contributed by atoms with Gasteiger partial charge in [0, 0.05) is 69.3 Å². The summed E-state index contributed by atoms with van der Waals surface area (Å²) in [5.41, 5.74) is 3.28. The summed E-state index contributed by atoms with van der Waals surface area (Å²) in [5, 5.41) is 34.8. The van der Waals surface area contributed by atoms with Gasteiger partial charge in [-0.3, -0.25) is 19.3 Å². The van der Waals surface area contributed by atoms with Crippen LogP contribution in [0.5, 0.6) is 23.0 Å². The second-order valence-corrected chi connectivity index (χ2v) is 17.5. The number of ether oxygens (including phenoxy) is 1.